The molecule has 1 unspecified atom stereocenters. The Labute approximate surface area is 190 Å². The summed E-state index contributed by atoms with van der Waals surface area (Å²) in [6.07, 6.45) is 2.51. The standard InChI is InChI=1S/C23H31NSi.2Li.2H/c1-16-15-23(5,18(3)17(16)2)25(6,7)24-19(4)21-14-10-12-20-11-8-9-13-22(20)21;;;;/h8-15,19,24H,1-7H3;;;;/t19-,23?;;;;/m1..../s1. The van der Waals surface area contributed by atoms with E-state index < -0.39 is 8.24 Å². The molecule has 2 aromatic carbocycles. The van der Waals surface area contributed by atoms with Gasteiger partial charge in [0.15, 0.2) is 0 Å². The maximum atomic E-state index is 4.08. The van der Waals surface area contributed by atoms with Crippen LogP contribution in [0.5, 0.6) is 0 Å². The fourth-order valence-corrected chi connectivity index (χ4v) is 7.62. The molecule has 1 nitrogen and oxygen atoms in total. The van der Waals surface area contributed by atoms with Crippen LogP contribution in [-0.4, -0.2) is 46.0 Å². The van der Waals surface area contributed by atoms with Crippen molar-refractivity contribution < 1.29 is 0 Å². The molecule has 0 aromatic heterocycles. The van der Waals surface area contributed by atoms with E-state index >= 15 is 0 Å². The van der Waals surface area contributed by atoms with E-state index in [0.717, 1.165) is 0 Å². The number of fused-ring (bicyclic) bond motifs is 1. The van der Waals surface area contributed by atoms with Crippen LogP contribution in [-0.2, 0) is 0 Å². The Kier molecular flexibility index (Phi) is 8.12. The van der Waals surface area contributed by atoms with E-state index in [0.29, 0.717) is 6.04 Å². The van der Waals surface area contributed by atoms with Crippen LogP contribution in [0.2, 0.25) is 18.1 Å². The second-order valence-electron chi connectivity index (χ2n) is 8.34. The molecule has 4 heteroatoms. The van der Waals surface area contributed by atoms with E-state index in [-0.39, 0.29) is 42.8 Å². The number of allylic oxidation sites excluding steroid dienone is 4. The summed E-state index contributed by atoms with van der Waals surface area (Å²) >= 11 is 0. The van der Waals surface area contributed by atoms with E-state index in [4.69, 9.17) is 0 Å². The van der Waals surface area contributed by atoms with E-state index in [1.54, 1.807) is 5.57 Å². The average molecular weight is 365 g/mol. The molecule has 1 aliphatic rings. The molecule has 2 aromatic rings. The predicted octanol–water partition coefficient (Wildman–Crippen LogP) is 5.46. The van der Waals surface area contributed by atoms with E-state index in [1.165, 1.54) is 27.5 Å². The molecular formula is C23H33Li2NSi. The number of hydrogen-bond acceptors (Lipinski definition) is 1. The summed E-state index contributed by atoms with van der Waals surface area (Å²) in [5, 5.41) is 2.85. The summed E-state index contributed by atoms with van der Waals surface area (Å²) in [5.41, 5.74) is 5.86. The maximum absolute atomic E-state index is 4.08. The molecule has 0 aliphatic heterocycles. The molecule has 3 rings (SSSR count). The van der Waals surface area contributed by atoms with Crippen LogP contribution in [0.4, 0.5) is 0 Å². The molecule has 0 spiro atoms. The predicted molar refractivity (Wildman–Crippen MR) is 128 cm³/mol. The quantitative estimate of drug-likeness (QED) is 0.710. The van der Waals surface area contributed by atoms with Gasteiger partial charge < -0.3 is 4.98 Å². The normalized spacial score (nSPS) is 20.8. The summed E-state index contributed by atoms with van der Waals surface area (Å²) in [5.74, 6) is 0. The van der Waals surface area contributed by atoms with Gasteiger partial charge in [0.05, 0.1) is 0 Å². The van der Waals surface area contributed by atoms with Crippen molar-refractivity contribution in [3.05, 3.63) is 70.8 Å². The van der Waals surface area contributed by atoms with E-state index in [9.17, 15) is 0 Å². The fraction of sp³-hybridized carbons (Fsp3) is 0.391. The van der Waals surface area contributed by atoms with Crippen LogP contribution in [0.3, 0.4) is 0 Å². The van der Waals surface area contributed by atoms with Gasteiger partial charge in [0.1, 0.15) is 8.24 Å². The molecule has 0 radical (unpaired) electrons. The van der Waals surface area contributed by atoms with Crippen molar-refractivity contribution in [1.29, 1.82) is 0 Å². The van der Waals surface area contributed by atoms with Crippen molar-refractivity contribution in [3.63, 3.8) is 0 Å². The van der Waals surface area contributed by atoms with E-state index in [1.807, 2.05) is 0 Å². The Morgan fingerprint density at radius 3 is 2.11 bits per heavy atom. The van der Waals surface area contributed by atoms with Gasteiger partial charge in [-0.3, -0.25) is 0 Å². The molecule has 0 saturated carbocycles. The molecule has 1 N–H and O–H groups in total. The number of nitrogens with one attached hydrogen (secondary N) is 1. The summed E-state index contributed by atoms with van der Waals surface area (Å²) < 4.78 is 0. The van der Waals surface area contributed by atoms with Crippen molar-refractivity contribution in [2.45, 2.75) is 58.8 Å². The van der Waals surface area contributed by atoms with Gasteiger partial charge in [0, 0.05) is 11.1 Å². The van der Waals surface area contributed by atoms with Crippen molar-refractivity contribution in [2.24, 2.45) is 0 Å². The molecular weight excluding hydrogens is 332 g/mol. The number of hydrogen-bond donors (Lipinski definition) is 1. The molecule has 2 atom stereocenters. The molecule has 27 heavy (non-hydrogen) atoms. The Hall–Kier alpha value is -0.448. The van der Waals surface area contributed by atoms with Gasteiger partial charge in [-0.25, -0.2) is 0 Å². The van der Waals surface area contributed by atoms with Crippen LogP contribution in [0.1, 0.15) is 46.2 Å². The Morgan fingerprint density at radius 2 is 1.52 bits per heavy atom. The van der Waals surface area contributed by atoms with Crippen LogP contribution >= 0.6 is 0 Å². The Morgan fingerprint density at radius 1 is 0.926 bits per heavy atom. The van der Waals surface area contributed by atoms with Gasteiger partial charge in [-0.05, 0) is 49.6 Å². The minimum atomic E-state index is -1.76. The average Bonchev–Trinajstić information content (AvgIpc) is 2.78. The number of benzene rings is 2. The van der Waals surface area contributed by atoms with E-state index in [2.05, 4.69) is 101 Å². The summed E-state index contributed by atoms with van der Waals surface area (Å²) in [4.78, 5) is 4.08. The molecule has 136 valence electrons. The molecule has 0 fully saturated rings. The summed E-state index contributed by atoms with van der Waals surface area (Å²) in [6, 6.07) is 15.7. The van der Waals surface area contributed by atoms with Gasteiger partial charge in [-0.1, -0.05) is 79.7 Å². The SMILES string of the molecule is CC1=CC(C)([Si](C)(C)N[C@H](C)c2cccc3ccccc23)C(C)=C1C.[LiH].[LiH]. The van der Waals surface area contributed by atoms with Gasteiger partial charge in [-0.15, -0.1) is 0 Å². The fourth-order valence-electron chi connectivity index (χ4n) is 4.38. The summed E-state index contributed by atoms with van der Waals surface area (Å²) in [7, 11) is -1.76. The van der Waals surface area contributed by atoms with Gasteiger partial charge in [-0.2, -0.15) is 0 Å². The second kappa shape index (κ2) is 8.92. The number of rotatable bonds is 4. The zero-order valence-corrected chi connectivity index (χ0v) is 17.7. The second-order valence-corrected chi connectivity index (χ2v) is 12.9. The third kappa shape index (κ3) is 4.28. The first-order valence-electron chi connectivity index (χ1n) is 9.30. The monoisotopic (exact) mass is 365 g/mol. The molecule has 0 amide bonds. The zero-order valence-electron chi connectivity index (χ0n) is 16.7. The van der Waals surface area contributed by atoms with Crippen molar-refractivity contribution >= 4 is 56.7 Å². The third-order valence-electron chi connectivity index (χ3n) is 6.60. The van der Waals surface area contributed by atoms with Crippen LogP contribution in [0, 0.1) is 0 Å². The van der Waals surface area contributed by atoms with Gasteiger partial charge in [0.2, 0.25) is 0 Å². The minimum absolute atomic E-state index is 0. The zero-order chi connectivity index (χ0) is 18.4. The summed E-state index contributed by atoms with van der Waals surface area (Å²) in [6.45, 7) is 16.5. The van der Waals surface area contributed by atoms with Crippen LogP contribution in [0.25, 0.3) is 10.8 Å². The first kappa shape index (κ1) is 24.6. The molecule has 0 saturated heterocycles. The molecule has 0 heterocycles. The first-order chi connectivity index (χ1) is 11.7. The topological polar surface area (TPSA) is 12.0 Å². The van der Waals surface area contributed by atoms with Gasteiger partial charge in [0.25, 0.3) is 0 Å². The molecule has 1 aliphatic carbocycles. The first-order valence-corrected chi connectivity index (χ1v) is 12.3. The Bertz CT molecular complexity index is 880. The van der Waals surface area contributed by atoms with Crippen LogP contribution < -0.4 is 4.98 Å². The van der Waals surface area contributed by atoms with Crippen molar-refractivity contribution in [3.8, 4) is 0 Å². The third-order valence-corrected chi connectivity index (χ3v) is 10.9. The molecule has 0 bridgehead atoms. The van der Waals surface area contributed by atoms with Crippen molar-refractivity contribution in [1.82, 2.24) is 4.98 Å². The van der Waals surface area contributed by atoms with Gasteiger partial charge >= 0.3 is 37.7 Å². The van der Waals surface area contributed by atoms with Crippen LogP contribution in [0.15, 0.2) is 65.3 Å². The Balaban J connectivity index is 0.00000182. The van der Waals surface area contributed by atoms with Crippen molar-refractivity contribution in [2.75, 3.05) is 0 Å².